The monoisotopic (exact) mass is 324 g/mol. The van der Waals surface area contributed by atoms with Crippen LogP contribution in [0.3, 0.4) is 0 Å². The molecule has 0 nitrogen and oxygen atoms in total. The summed E-state index contributed by atoms with van der Waals surface area (Å²) in [5, 5.41) is 0. The zero-order valence-electron chi connectivity index (χ0n) is 13.6. The minimum Gasteiger partial charge on any atom is -0.209 e. The lowest BCUT2D eigenvalue weighted by atomic mass is 9.73. The van der Waals surface area contributed by atoms with Gasteiger partial charge >= 0.3 is 0 Å². The highest BCUT2D eigenvalue weighted by atomic mass is 19.3. The lowest BCUT2D eigenvalue weighted by molar-refractivity contribution is -0.0330. The SMILES string of the molecule is Cc1ccc(C(c2ccc(C)c(C)c2)(C(F)F)C(F)F)cc1C. The van der Waals surface area contributed by atoms with E-state index in [1.807, 2.05) is 13.8 Å². The third-order valence-corrected chi connectivity index (χ3v) is 4.66. The molecule has 2 aromatic carbocycles. The number of halogens is 4. The van der Waals surface area contributed by atoms with Crippen molar-refractivity contribution in [1.82, 2.24) is 0 Å². The van der Waals surface area contributed by atoms with Gasteiger partial charge in [-0.2, -0.15) is 0 Å². The molecule has 2 aromatic rings. The van der Waals surface area contributed by atoms with Crippen molar-refractivity contribution in [3.05, 3.63) is 69.8 Å². The van der Waals surface area contributed by atoms with Crippen LogP contribution in [-0.2, 0) is 5.41 Å². The van der Waals surface area contributed by atoms with E-state index < -0.39 is 18.3 Å². The maximum atomic E-state index is 14.0. The van der Waals surface area contributed by atoms with Crippen LogP contribution in [0, 0.1) is 27.7 Å². The summed E-state index contributed by atoms with van der Waals surface area (Å²) >= 11 is 0. The molecule has 0 heterocycles. The highest BCUT2D eigenvalue weighted by Gasteiger charge is 2.51. The molecule has 0 N–H and O–H groups in total. The average Bonchev–Trinajstić information content (AvgIpc) is 2.46. The van der Waals surface area contributed by atoms with Gasteiger partial charge in [-0.1, -0.05) is 36.4 Å². The van der Waals surface area contributed by atoms with Crippen LogP contribution in [0.1, 0.15) is 33.4 Å². The van der Waals surface area contributed by atoms with Gasteiger partial charge < -0.3 is 0 Å². The van der Waals surface area contributed by atoms with Crippen molar-refractivity contribution < 1.29 is 17.6 Å². The lowest BCUT2D eigenvalue weighted by Crippen LogP contribution is -2.43. The molecule has 0 aliphatic rings. The quantitative estimate of drug-likeness (QED) is 0.629. The van der Waals surface area contributed by atoms with Crippen LogP contribution in [0.4, 0.5) is 17.6 Å². The zero-order valence-corrected chi connectivity index (χ0v) is 13.6. The van der Waals surface area contributed by atoms with E-state index >= 15 is 0 Å². The predicted molar refractivity (Wildman–Crippen MR) is 84.6 cm³/mol. The summed E-state index contributed by atoms with van der Waals surface area (Å²) in [5.41, 5.74) is 0.492. The van der Waals surface area contributed by atoms with Gasteiger partial charge in [-0.05, 0) is 61.1 Å². The molecule has 0 aromatic heterocycles. The van der Waals surface area contributed by atoms with E-state index in [4.69, 9.17) is 0 Å². The standard InChI is InChI=1S/C19H20F4/c1-11-5-7-15(9-13(11)3)19(17(20)21,18(22)23)16-8-6-12(2)14(4)10-16/h5-10,17-18H,1-4H3. The summed E-state index contributed by atoms with van der Waals surface area (Å²) in [6, 6.07) is 8.90. The van der Waals surface area contributed by atoms with Crippen LogP contribution < -0.4 is 0 Å². The second-order valence-corrected chi connectivity index (χ2v) is 6.07. The minimum absolute atomic E-state index is 0.0474. The largest absolute Gasteiger partial charge is 0.257 e. The third kappa shape index (κ3) is 2.87. The average molecular weight is 324 g/mol. The molecule has 0 fully saturated rings. The molecule has 0 aliphatic heterocycles. The number of benzene rings is 2. The van der Waals surface area contributed by atoms with Gasteiger partial charge in [0.1, 0.15) is 5.41 Å². The molecular formula is C19H20F4. The van der Waals surface area contributed by atoms with Crippen LogP contribution in [0.2, 0.25) is 0 Å². The molecule has 0 bridgehead atoms. The fourth-order valence-corrected chi connectivity index (χ4v) is 2.76. The molecule has 0 spiro atoms. The first-order valence-corrected chi connectivity index (χ1v) is 7.43. The summed E-state index contributed by atoms with van der Waals surface area (Å²) < 4.78 is 55.8. The summed E-state index contributed by atoms with van der Waals surface area (Å²) in [5.74, 6) is 0. The Morgan fingerprint density at radius 1 is 0.609 bits per heavy atom. The van der Waals surface area contributed by atoms with Crippen molar-refractivity contribution >= 4 is 0 Å². The Kier molecular flexibility index (Phi) is 4.83. The first-order chi connectivity index (χ1) is 10.7. The summed E-state index contributed by atoms with van der Waals surface area (Å²) in [6.07, 6.45) is -6.43. The van der Waals surface area contributed by atoms with E-state index in [1.165, 1.54) is 24.3 Å². The topological polar surface area (TPSA) is 0 Å². The number of hydrogen-bond acceptors (Lipinski definition) is 0. The Hall–Kier alpha value is -1.84. The van der Waals surface area contributed by atoms with Crippen LogP contribution in [0.25, 0.3) is 0 Å². The second-order valence-electron chi connectivity index (χ2n) is 6.07. The first-order valence-electron chi connectivity index (χ1n) is 7.43. The summed E-state index contributed by atoms with van der Waals surface area (Å²) in [7, 11) is 0. The highest BCUT2D eigenvalue weighted by molar-refractivity contribution is 5.46. The Balaban J connectivity index is 2.78. The normalized spacial score (nSPS) is 12.3. The van der Waals surface area contributed by atoms with E-state index in [-0.39, 0.29) is 11.1 Å². The predicted octanol–water partition coefficient (Wildman–Crippen LogP) is 5.74. The van der Waals surface area contributed by atoms with Crippen molar-refractivity contribution in [2.75, 3.05) is 0 Å². The fourth-order valence-electron chi connectivity index (χ4n) is 2.76. The number of rotatable bonds is 4. The summed E-state index contributed by atoms with van der Waals surface area (Å²) in [4.78, 5) is 0. The molecule has 0 unspecified atom stereocenters. The van der Waals surface area contributed by atoms with Crippen LogP contribution in [-0.4, -0.2) is 12.9 Å². The van der Waals surface area contributed by atoms with E-state index in [0.717, 1.165) is 22.3 Å². The van der Waals surface area contributed by atoms with Crippen molar-refractivity contribution in [2.45, 2.75) is 46.0 Å². The van der Waals surface area contributed by atoms with Crippen molar-refractivity contribution in [3.63, 3.8) is 0 Å². The Morgan fingerprint density at radius 3 is 1.22 bits per heavy atom. The molecule has 2 rings (SSSR count). The molecular weight excluding hydrogens is 304 g/mol. The fraction of sp³-hybridized carbons (Fsp3) is 0.368. The molecule has 23 heavy (non-hydrogen) atoms. The minimum atomic E-state index is -3.22. The second kappa shape index (κ2) is 6.34. The number of hydrogen-bond donors (Lipinski definition) is 0. The third-order valence-electron chi connectivity index (χ3n) is 4.66. The summed E-state index contributed by atoms with van der Waals surface area (Å²) in [6.45, 7) is 7.12. The molecule has 4 heteroatoms. The number of aryl methyl sites for hydroxylation is 4. The van der Waals surface area contributed by atoms with Gasteiger partial charge in [0, 0.05) is 0 Å². The van der Waals surface area contributed by atoms with E-state index in [9.17, 15) is 17.6 Å². The molecule has 0 radical (unpaired) electrons. The molecule has 0 aliphatic carbocycles. The molecule has 124 valence electrons. The van der Waals surface area contributed by atoms with Gasteiger partial charge in [-0.25, -0.2) is 17.6 Å². The Bertz CT molecular complexity index is 643. The van der Waals surface area contributed by atoms with Crippen LogP contribution in [0.5, 0.6) is 0 Å². The lowest BCUT2D eigenvalue weighted by Gasteiger charge is -2.34. The molecule has 0 saturated heterocycles. The van der Waals surface area contributed by atoms with Crippen LogP contribution in [0.15, 0.2) is 36.4 Å². The highest BCUT2D eigenvalue weighted by Crippen LogP contribution is 2.44. The van der Waals surface area contributed by atoms with E-state index in [2.05, 4.69) is 0 Å². The van der Waals surface area contributed by atoms with Gasteiger partial charge in [0.05, 0.1) is 0 Å². The van der Waals surface area contributed by atoms with Crippen LogP contribution >= 0.6 is 0 Å². The van der Waals surface area contributed by atoms with Crippen molar-refractivity contribution in [1.29, 1.82) is 0 Å². The smallest absolute Gasteiger partial charge is 0.209 e. The van der Waals surface area contributed by atoms with Crippen molar-refractivity contribution in [3.8, 4) is 0 Å². The van der Waals surface area contributed by atoms with Crippen molar-refractivity contribution in [2.24, 2.45) is 0 Å². The molecule has 0 atom stereocenters. The maximum absolute atomic E-state index is 14.0. The Labute approximate surface area is 134 Å². The van der Waals surface area contributed by atoms with Gasteiger partial charge in [0.25, 0.3) is 12.9 Å². The Morgan fingerprint density at radius 2 is 0.957 bits per heavy atom. The zero-order chi connectivity index (χ0) is 17.4. The molecule has 0 saturated carbocycles. The molecule has 0 amide bonds. The van der Waals surface area contributed by atoms with Gasteiger partial charge in [-0.15, -0.1) is 0 Å². The van der Waals surface area contributed by atoms with Gasteiger partial charge in [0.15, 0.2) is 0 Å². The van der Waals surface area contributed by atoms with E-state index in [0.29, 0.717) is 0 Å². The number of alkyl halides is 4. The van der Waals surface area contributed by atoms with Gasteiger partial charge in [-0.3, -0.25) is 0 Å². The first kappa shape index (κ1) is 17.5. The van der Waals surface area contributed by atoms with E-state index in [1.54, 1.807) is 26.0 Å². The maximum Gasteiger partial charge on any atom is 0.257 e. The van der Waals surface area contributed by atoms with Gasteiger partial charge in [0.2, 0.25) is 0 Å².